The van der Waals surface area contributed by atoms with E-state index in [-0.39, 0.29) is 5.91 Å². The normalized spacial score (nSPS) is 25.4. The van der Waals surface area contributed by atoms with Gasteiger partial charge in [-0.05, 0) is 31.6 Å². The van der Waals surface area contributed by atoms with Crippen molar-refractivity contribution in [1.82, 2.24) is 15.5 Å². The molecule has 134 valence electrons. The molecule has 2 aliphatic rings. The zero-order chi connectivity index (χ0) is 16.8. The monoisotopic (exact) mass is 368 g/mol. The molecule has 2 N–H and O–H groups in total. The average Bonchev–Trinajstić information content (AvgIpc) is 3.03. The topological polar surface area (TPSA) is 66.9 Å². The molecule has 0 saturated heterocycles. The van der Waals surface area contributed by atoms with Crippen LogP contribution < -0.4 is 10.6 Å². The van der Waals surface area contributed by atoms with Crippen molar-refractivity contribution >= 4 is 34.1 Å². The van der Waals surface area contributed by atoms with E-state index in [9.17, 15) is 4.79 Å². The Kier molecular flexibility index (Phi) is 6.77. The highest BCUT2D eigenvalue weighted by atomic mass is 32.2. The van der Waals surface area contributed by atoms with Crippen molar-refractivity contribution in [3.8, 4) is 0 Å². The maximum absolute atomic E-state index is 12.2. The maximum Gasteiger partial charge on any atom is 0.230 e. The number of rotatable bonds is 6. The fourth-order valence-corrected chi connectivity index (χ4v) is 5.29. The molecule has 1 heterocycles. The van der Waals surface area contributed by atoms with Gasteiger partial charge in [0, 0.05) is 12.1 Å². The summed E-state index contributed by atoms with van der Waals surface area (Å²) in [4.78, 5) is 12.2. The van der Waals surface area contributed by atoms with Crippen molar-refractivity contribution in [3.05, 3.63) is 0 Å². The Bertz CT molecular complexity index is 530. The van der Waals surface area contributed by atoms with Crippen LogP contribution in [-0.2, 0) is 4.79 Å². The van der Waals surface area contributed by atoms with Gasteiger partial charge in [-0.15, -0.1) is 10.2 Å². The van der Waals surface area contributed by atoms with Crippen molar-refractivity contribution in [1.29, 1.82) is 0 Å². The minimum Gasteiger partial charge on any atom is -0.357 e. The standard InChI is InChI=1S/C17H28N4OS2/c1-12-7-5-6-10-14(12)19-15(22)11-23-17-21-20-16(24-17)18-13-8-3-2-4-9-13/h12-14H,2-11H2,1H3,(H,18,20)(H,19,22)/t12-,14+/m1/s1. The number of amides is 1. The quantitative estimate of drug-likeness (QED) is 0.741. The van der Waals surface area contributed by atoms with Crippen molar-refractivity contribution in [2.45, 2.75) is 81.1 Å². The number of aromatic nitrogens is 2. The summed E-state index contributed by atoms with van der Waals surface area (Å²) in [6.45, 7) is 2.24. The largest absolute Gasteiger partial charge is 0.357 e. The van der Waals surface area contributed by atoms with Gasteiger partial charge in [0.1, 0.15) is 0 Å². The molecule has 2 saturated carbocycles. The molecule has 2 fully saturated rings. The van der Waals surface area contributed by atoms with Crippen molar-refractivity contribution in [2.75, 3.05) is 11.1 Å². The Labute approximate surface area is 152 Å². The second-order valence-electron chi connectivity index (χ2n) is 7.08. The molecular formula is C17H28N4OS2. The van der Waals surface area contributed by atoms with Crippen LogP contribution in [0.2, 0.25) is 0 Å². The predicted octanol–water partition coefficient (Wildman–Crippen LogP) is 4.07. The van der Waals surface area contributed by atoms with Gasteiger partial charge in [0.25, 0.3) is 0 Å². The van der Waals surface area contributed by atoms with E-state index in [4.69, 9.17) is 0 Å². The number of nitrogens with zero attached hydrogens (tertiary/aromatic N) is 2. The molecule has 1 amide bonds. The number of nitrogens with one attached hydrogen (secondary N) is 2. The molecule has 0 unspecified atom stereocenters. The molecule has 0 spiro atoms. The van der Waals surface area contributed by atoms with Gasteiger partial charge in [0.2, 0.25) is 11.0 Å². The van der Waals surface area contributed by atoms with Gasteiger partial charge in [-0.2, -0.15) is 0 Å². The van der Waals surface area contributed by atoms with E-state index in [1.165, 1.54) is 63.1 Å². The molecular weight excluding hydrogens is 340 g/mol. The minimum absolute atomic E-state index is 0.121. The van der Waals surface area contributed by atoms with E-state index < -0.39 is 0 Å². The summed E-state index contributed by atoms with van der Waals surface area (Å²) in [6, 6.07) is 0.894. The van der Waals surface area contributed by atoms with E-state index in [1.54, 1.807) is 11.3 Å². The smallest absolute Gasteiger partial charge is 0.230 e. The van der Waals surface area contributed by atoms with E-state index in [0.717, 1.165) is 15.9 Å². The first-order valence-corrected chi connectivity index (χ1v) is 11.0. The number of thioether (sulfide) groups is 1. The Morgan fingerprint density at radius 3 is 2.67 bits per heavy atom. The second kappa shape index (κ2) is 9.04. The number of hydrogen-bond acceptors (Lipinski definition) is 6. The summed E-state index contributed by atoms with van der Waals surface area (Å²) in [7, 11) is 0. The first kappa shape index (κ1) is 18.0. The Morgan fingerprint density at radius 1 is 1.12 bits per heavy atom. The molecule has 2 aliphatic carbocycles. The fourth-order valence-electron chi connectivity index (χ4n) is 3.65. The summed E-state index contributed by atoms with van der Waals surface area (Å²) < 4.78 is 0.875. The minimum atomic E-state index is 0.121. The summed E-state index contributed by atoms with van der Waals surface area (Å²) in [5, 5.41) is 16.0. The van der Waals surface area contributed by atoms with Crippen LogP contribution in [0.4, 0.5) is 5.13 Å². The third-order valence-electron chi connectivity index (χ3n) is 5.12. The third kappa shape index (κ3) is 5.34. The Hall–Kier alpha value is -0.820. The zero-order valence-electron chi connectivity index (χ0n) is 14.4. The van der Waals surface area contributed by atoms with Crippen LogP contribution in [0, 0.1) is 5.92 Å². The Morgan fingerprint density at radius 2 is 1.88 bits per heavy atom. The molecule has 24 heavy (non-hydrogen) atoms. The van der Waals surface area contributed by atoms with Gasteiger partial charge in [-0.25, -0.2) is 0 Å². The lowest BCUT2D eigenvalue weighted by atomic mass is 9.86. The molecule has 7 heteroatoms. The molecule has 1 aromatic rings. The van der Waals surface area contributed by atoms with Crippen LogP contribution in [0.5, 0.6) is 0 Å². The highest BCUT2D eigenvalue weighted by Crippen LogP contribution is 2.28. The lowest BCUT2D eigenvalue weighted by Crippen LogP contribution is -2.41. The summed E-state index contributed by atoms with van der Waals surface area (Å²) >= 11 is 3.06. The molecule has 0 bridgehead atoms. The van der Waals surface area contributed by atoms with Gasteiger partial charge >= 0.3 is 0 Å². The molecule has 1 aromatic heterocycles. The van der Waals surface area contributed by atoms with Gasteiger partial charge in [0.15, 0.2) is 4.34 Å². The maximum atomic E-state index is 12.2. The Balaban J connectivity index is 1.40. The van der Waals surface area contributed by atoms with Gasteiger partial charge in [-0.3, -0.25) is 4.79 Å². The average molecular weight is 369 g/mol. The van der Waals surface area contributed by atoms with Gasteiger partial charge in [-0.1, -0.05) is 62.1 Å². The first-order chi connectivity index (χ1) is 11.7. The van der Waals surface area contributed by atoms with Crippen LogP contribution in [0.1, 0.15) is 64.7 Å². The van der Waals surface area contributed by atoms with E-state index in [0.29, 0.717) is 23.8 Å². The fraction of sp³-hybridized carbons (Fsp3) is 0.824. The highest BCUT2D eigenvalue weighted by molar-refractivity contribution is 8.01. The van der Waals surface area contributed by atoms with Crippen LogP contribution in [-0.4, -0.2) is 33.9 Å². The third-order valence-corrected chi connectivity index (χ3v) is 7.11. The SMILES string of the molecule is C[C@@H]1CCCC[C@@H]1NC(=O)CSc1nnc(NC2CCCCC2)s1. The van der Waals surface area contributed by atoms with Crippen LogP contribution >= 0.6 is 23.1 Å². The number of carbonyl (C=O) groups excluding carboxylic acids is 1. The van der Waals surface area contributed by atoms with E-state index in [2.05, 4.69) is 27.8 Å². The second-order valence-corrected chi connectivity index (χ2v) is 9.28. The molecule has 0 aliphatic heterocycles. The highest BCUT2D eigenvalue weighted by Gasteiger charge is 2.23. The summed E-state index contributed by atoms with van der Waals surface area (Å²) in [5.41, 5.74) is 0. The predicted molar refractivity (Wildman–Crippen MR) is 101 cm³/mol. The molecule has 3 rings (SSSR count). The lowest BCUT2D eigenvalue weighted by molar-refractivity contribution is -0.119. The summed E-state index contributed by atoms with van der Waals surface area (Å²) in [5.74, 6) is 1.15. The zero-order valence-corrected chi connectivity index (χ0v) is 16.1. The number of carbonyl (C=O) groups is 1. The number of anilines is 1. The van der Waals surface area contributed by atoms with Crippen molar-refractivity contribution in [2.24, 2.45) is 5.92 Å². The number of hydrogen-bond donors (Lipinski definition) is 2. The van der Waals surface area contributed by atoms with Crippen molar-refractivity contribution in [3.63, 3.8) is 0 Å². The molecule has 5 nitrogen and oxygen atoms in total. The lowest BCUT2D eigenvalue weighted by Gasteiger charge is -2.29. The molecule has 0 radical (unpaired) electrons. The van der Waals surface area contributed by atoms with Crippen molar-refractivity contribution < 1.29 is 4.79 Å². The van der Waals surface area contributed by atoms with Crippen LogP contribution in [0.15, 0.2) is 4.34 Å². The first-order valence-electron chi connectivity index (χ1n) is 9.23. The van der Waals surface area contributed by atoms with E-state index >= 15 is 0 Å². The van der Waals surface area contributed by atoms with E-state index in [1.807, 2.05) is 0 Å². The summed E-state index contributed by atoms with van der Waals surface area (Å²) in [6.07, 6.45) is 11.3. The molecule has 2 atom stereocenters. The molecule has 0 aromatic carbocycles. The van der Waals surface area contributed by atoms with Gasteiger partial charge in [0.05, 0.1) is 5.75 Å². The van der Waals surface area contributed by atoms with Gasteiger partial charge < -0.3 is 10.6 Å². The van der Waals surface area contributed by atoms with Crippen LogP contribution in [0.25, 0.3) is 0 Å². The van der Waals surface area contributed by atoms with Crippen LogP contribution in [0.3, 0.4) is 0 Å².